The summed E-state index contributed by atoms with van der Waals surface area (Å²) in [4.78, 5) is 28.2. The summed E-state index contributed by atoms with van der Waals surface area (Å²) in [6.07, 6.45) is 21.5. The van der Waals surface area contributed by atoms with Crippen LogP contribution in [0.1, 0.15) is 164 Å². The quantitative estimate of drug-likeness (QED) is 0.0624. The van der Waals surface area contributed by atoms with Crippen molar-refractivity contribution < 1.29 is 14.3 Å². The minimum absolute atomic E-state index is 0.0234. The van der Waals surface area contributed by atoms with Crippen molar-refractivity contribution in [3.63, 3.8) is 0 Å². The van der Waals surface area contributed by atoms with Crippen molar-refractivity contribution in [2.75, 3.05) is 26.2 Å². The van der Waals surface area contributed by atoms with Gasteiger partial charge in [0.15, 0.2) is 0 Å². The standard InChI is InChI=1S/C44H80N4O3/c1-31(2)12-10-13-32(3)38-18-19-39-37-17-16-35-30-36(20-24-43(35,6)40(37)21-25-44(38,39)7)51-42(50)15-11-14-41(49)48(29-23-34(5)46)28-9-8-26-47-27-22-33(4)45/h16,31-34,36-40,47H,8-15,17-30,45-46H2,1-7H3/t32-,33?,34?,36+,37+,38-,39+,40+,43+,44-/m1/s1. The van der Waals surface area contributed by atoms with Crippen LogP contribution in [0.15, 0.2) is 11.6 Å². The van der Waals surface area contributed by atoms with E-state index in [1.165, 1.54) is 51.4 Å². The van der Waals surface area contributed by atoms with Crippen LogP contribution in [0.3, 0.4) is 0 Å². The maximum Gasteiger partial charge on any atom is 0.306 e. The molecular formula is C44H80N4O3. The Morgan fingerprint density at radius 1 is 0.843 bits per heavy atom. The molecule has 0 heterocycles. The molecule has 10 atom stereocenters. The van der Waals surface area contributed by atoms with E-state index in [2.05, 4.69) is 46.0 Å². The Kier molecular flexibility index (Phi) is 16.4. The molecule has 0 radical (unpaired) electrons. The molecule has 1 amide bonds. The van der Waals surface area contributed by atoms with Crippen LogP contribution in [0.2, 0.25) is 0 Å². The van der Waals surface area contributed by atoms with E-state index in [-0.39, 0.29) is 35.5 Å². The first-order valence-corrected chi connectivity index (χ1v) is 21.6. The van der Waals surface area contributed by atoms with Crippen LogP contribution < -0.4 is 16.8 Å². The van der Waals surface area contributed by atoms with Crippen LogP contribution in [0.25, 0.3) is 0 Å². The second kappa shape index (κ2) is 19.8. The minimum Gasteiger partial charge on any atom is -0.462 e. The Hall–Kier alpha value is -1.44. The monoisotopic (exact) mass is 713 g/mol. The molecule has 2 unspecified atom stereocenters. The summed E-state index contributed by atoms with van der Waals surface area (Å²) < 4.78 is 6.11. The Bertz CT molecular complexity index is 1120. The van der Waals surface area contributed by atoms with E-state index in [4.69, 9.17) is 16.2 Å². The third kappa shape index (κ3) is 11.5. The summed E-state index contributed by atoms with van der Waals surface area (Å²) in [7, 11) is 0. The number of carbonyl (C=O) groups excluding carboxylic acids is 2. The number of nitrogens with one attached hydrogen (secondary N) is 1. The number of esters is 1. The second-order valence-electron chi connectivity index (χ2n) is 18.9. The summed E-state index contributed by atoms with van der Waals surface area (Å²) >= 11 is 0. The van der Waals surface area contributed by atoms with Gasteiger partial charge in [0.2, 0.25) is 5.91 Å². The Morgan fingerprint density at radius 2 is 1.61 bits per heavy atom. The molecule has 4 rings (SSSR count). The lowest BCUT2D eigenvalue weighted by Gasteiger charge is -2.58. The van der Waals surface area contributed by atoms with E-state index >= 15 is 0 Å². The van der Waals surface area contributed by atoms with Gasteiger partial charge in [0.1, 0.15) is 6.10 Å². The third-order valence-electron chi connectivity index (χ3n) is 14.3. The number of carbonyl (C=O) groups is 2. The Labute approximate surface area is 313 Å². The molecule has 3 saturated carbocycles. The fourth-order valence-corrected chi connectivity index (χ4v) is 11.3. The van der Waals surface area contributed by atoms with Gasteiger partial charge in [0.05, 0.1) is 0 Å². The molecular weight excluding hydrogens is 633 g/mol. The van der Waals surface area contributed by atoms with Gasteiger partial charge in [-0.3, -0.25) is 9.59 Å². The predicted molar refractivity (Wildman–Crippen MR) is 212 cm³/mol. The number of nitrogens with two attached hydrogens (primary N) is 2. The highest BCUT2D eigenvalue weighted by Gasteiger charge is 2.59. The van der Waals surface area contributed by atoms with Crippen molar-refractivity contribution in [2.45, 2.75) is 182 Å². The molecule has 7 nitrogen and oxygen atoms in total. The molecule has 7 heteroatoms. The lowest BCUT2D eigenvalue weighted by atomic mass is 9.47. The van der Waals surface area contributed by atoms with Gasteiger partial charge in [-0.2, -0.15) is 0 Å². The van der Waals surface area contributed by atoms with Gasteiger partial charge in [-0.1, -0.05) is 65.5 Å². The summed E-state index contributed by atoms with van der Waals surface area (Å²) in [5.74, 6) is 4.99. The first-order valence-electron chi connectivity index (χ1n) is 21.6. The van der Waals surface area contributed by atoms with Crippen molar-refractivity contribution >= 4 is 11.9 Å². The first kappa shape index (κ1) is 42.3. The van der Waals surface area contributed by atoms with Gasteiger partial charge in [-0.05, 0) is 150 Å². The molecule has 294 valence electrons. The molecule has 4 aliphatic rings. The fraction of sp³-hybridized carbons (Fsp3) is 0.909. The maximum atomic E-state index is 13.2. The molecule has 3 fully saturated rings. The van der Waals surface area contributed by atoms with Crippen LogP contribution in [-0.2, 0) is 14.3 Å². The van der Waals surface area contributed by atoms with Gasteiger partial charge in [-0.15, -0.1) is 0 Å². The van der Waals surface area contributed by atoms with E-state index < -0.39 is 0 Å². The van der Waals surface area contributed by atoms with E-state index in [0.717, 1.165) is 100 Å². The fourth-order valence-electron chi connectivity index (χ4n) is 11.3. The highest BCUT2D eigenvalue weighted by atomic mass is 16.5. The number of unbranched alkanes of at least 4 members (excludes halogenated alkanes) is 1. The summed E-state index contributed by atoms with van der Waals surface area (Å²) in [5, 5.41) is 3.44. The maximum absolute atomic E-state index is 13.2. The van der Waals surface area contributed by atoms with Crippen molar-refractivity contribution in [1.82, 2.24) is 10.2 Å². The van der Waals surface area contributed by atoms with Crippen LogP contribution in [0, 0.1) is 46.3 Å². The van der Waals surface area contributed by atoms with Crippen LogP contribution in [0.4, 0.5) is 0 Å². The molecule has 0 aromatic heterocycles. The van der Waals surface area contributed by atoms with E-state index in [1.807, 2.05) is 18.7 Å². The molecule has 4 aliphatic carbocycles. The smallest absolute Gasteiger partial charge is 0.306 e. The molecule has 5 N–H and O–H groups in total. The Balaban J connectivity index is 1.22. The molecule has 0 aromatic carbocycles. The molecule has 0 saturated heterocycles. The normalized spacial score (nSPS) is 32.0. The number of rotatable bonds is 21. The highest BCUT2D eigenvalue weighted by Crippen LogP contribution is 2.67. The average molecular weight is 713 g/mol. The topological polar surface area (TPSA) is 111 Å². The number of allylic oxidation sites excluding steroid dienone is 1. The number of ether oxygens (including phenoxy) is 1. The SMILES string of the molecule is CC(C)CCC[C@@H](C)[C@H]1CC[C@H]2[C@@H]3CC=C4C[C@@H](OC(=O)CCCC(=O)N(CCCCNCCC(C)N)CCC(C)N)CC[C@]4(C)[C@H]3CC[C@]12C. The molecule has 0 aliphatic heterocycles. The van der Waals surface area contributed by atoms with Crippen LogP contribution in [-0.4, -0.2) is 61.1 Å². The zero-order valence-electron chi connectivity index (χ0n) is 34.2. The molecule has 51 heavy (non-hydrogen) atoms. The van der Waals surface area contributed by atoms with Crippen LogP contribution >= 0.6 is 0 Å². The Morgan fingerprint density at radius 3 is 2.33 bits per heavy atom. The molecule has 0 aromatic rings. The number of amides is 1. The van der Waals surface area contributed by atoms with Gasteiger partial charge < -0.3 is 26.4 Å². The lowest BCUT2D eigenvalue weighted by Crippen LogP contribution is -2.51. The van der Waals surface area contributed by atoms with Crippen molar-refractivity contribution in [1.29, 1.82) is 0 Å². The summed E-state index contributed by atoms with van der Waals surface area (Å²) in [6.45, 7) is 19.8. The third-order valence-corrected chi connectivity index (χ3v) is 14.3. The molecule has 0 spiro atoms. The first-order chi connectivity index (χ1) is 24.2. The highest BCUT2D eigenvalue weighted by molar-refractivity contribution is 5.77. The summed E-state index contributed by atoms with van der Waals surface area (Å²) in [6, 6.07) is 0.276. The van der Waals surface area contributed by atoms with Gasteiger partial charge in [0, 0.05) is 44.4 Å². The predicted octanol–water partition coefficient (Wildman–Crippen LogP) is 8.78. The zero-order chi connectivity index (χ0) is 37.2. The summed E-state index contributed by atoms with van der Waals surface area (Å²) in [5.41, 5.74) is 14.2. The van der Waals surface area contributed by atoms with Crippen molar-refractivity contribution in [3.05, 3.63) is 11.6 Å². The van der Waals surface area contributed by atoms with Gasteiger partial charge in [0.25, 0.3) is 0 Å². The zero-order valence-corrected chi connectivity index (χ0v) is 34.2. The van der Waals surface area contributed by atoms with E-state index in [0.29, 0.717) is 31.2 Å². The second-order valence-corrected chi connectivity index (χ2v) is 18.9. The van der Waals surface area contributed by atoms with Crippen LogP contribution in [0.5, 0.6) is 0 Å². The number of nitrogens with zero attached hydrogens (tertiary/aromatic N) is 1. The molecule has 0 bridgehead atoms. The van der Waals surface area contributed by atoms with Gasteiger partial charge >= 0.3 is 5.97 Å². The number of hydrogen-bond acceptors (Lipinski definition) is 6. The van der Waals surface area contributed by atoms with Crippen molar-refractivity contribution in [2.24, 2.45) is 57.8 Å². The van der Waals surface area contributed by atoms with Gasteiger partial charge in [-0.25, -0.2) is 0 Å². The number of hydrogen-bond donors (Lipinski definition) is 3. The minimum atomic E-state index is -0.140. The average Bonchev–Trinajstić information content (AvgIpc) is 3.42. The number of fused-ring (bicyclic) bond motifs is 5. The van der Waals surface area contributed by atoms with Crippen molar-refractivity contribution in [3.8, 4) is 0 Å². The van der Waals surface area contributed by atoms with E-state index in [9.17, 15) is 9.59 Å². The lowest BCUT2D eigenvalue weighted by molar-refractivity contribution is -0.151. The largest absolute Gasteiger partial charge is 0.462 e. The van der Waals surface area contributed by atoms with E-state index in [1.54, 1.807) is 5.57 Å².